The minimum Gasteiger partial charge on any atom is -0.491 e. The number of benzene rings is 1. The molecule has 0 radical (unpaired) electrons. The minimum absolute atomic E-state index is 0.00163. The predicted molar refractivity (Wildman–Crippen MR) is 91.5 cm³/mol. The molecule has 0 aliphatic heterocycles. The Balaban J connectivity index is 1.87. The maximum absolute atomic E-state index is 8.78. The van der Waals surface area contributed by atoms with Crippen molar-refractivity contribution in [3.8, 4) is 22.9 Å². The zero-order valence-corrected chi connectivity index (χ0v) is 13.9. The summed E-state index contributed by atoms with van der Waals surface area (Å²) in [6.07, 6.45) is 2.83. The zero-order valence-electron chi connectivity index (χ0n) is 13.9. The van der Waals surface area contributed by atoms with Crippen molar-refractivity contribution >= 4 is 5.65 Å². The molecule has 0 bridgehead atoms. The second kappa shape index (κ2) is 7.31. The molecule has 0 saturated carbocycles. The molecule has 0 spiro atoms. The molecule has 0 saturated heterocycles. The van der Waals surface area contributed by atoms with Gasteiger partial charge in [0.25, 0.3) is 0 Å². The maximum atomic E-state index is 8.78. The summed E-state index contributed by atoms with van der Waals surface area (Å²) < 4.78 is 12.8. The highest BCUT2D eigenvalue weighted by Crippen LogP contribution is 2.24. The number of aliphatic hydroxyl groups is 1. The number of fused-ring (bicyclic) bond motifs is 1. The van der Waals surface area contributed by atoms with Gasteiger partial charge in [0.05, 0.1) is 25.1 Å². The number of aryl methyl sites for hydroxylation is 1. The summed E-state index contributed by atoms with van der Waals surface area (Å²) in [6.45, 7) is 4.98. The average Bonchev–Trinajstić information content (AvgIpc) is 3.01. The maximum Gasteiger partial charge on any atom is 0.234 e. The van der Waals surface area contributed by atoms with Crippen LogP contribution in [0.15, 0.2) is 36.5 Å². The Hall–Kier alpha value is -2.60. The first kappa shape index (κ1) is 16.3. The molecule has 0 fully saturated rings. The standard InChI is InChI=1S/C18H21N3O3/c1-3-9-24-18-13(2)11-17-19-16(12-21(17)20-18)14-4-6-15(7-5-14)23-10-8-22/h4-7,11-12,22H,3,8-10H2,1-2H3. The number of ether oxygens (including phenoxy) is 2. The molecule has 1 N–H and O–H groups in total. The van der Waals surface area contributed by atoms with Crippen LogP contribution in [-0.2, 0) is 0 Å². The van der Waals surface area contributed by atoms with Gasteiger partial charge in [0, 0.05) is 11.1 Å². The first-order valence-electron chi connectivity index (χ1n) is 8.05. The molecule has 3 aromatic rings. The van der Waals surface area contributed by atoms with Crippen LogP contribution in [0.3, 0.4) is 0 Å². The van der Waals surface area contributed by atoms with E-state index in [0.29, 0.717) is 12.5 Å². The van der Waals surface area contributed by atoms with Gasteiger partial charge in [-0.3, -0.25) is 0 Å². The molecular weight excluding hydrogens is 306 g/mol. The molecule has 2 heterocycles. The van der Waals surface area contributed by atoms with E-state index in [1.165, 1.54) is 0 Å². The van der Waals surface area contributed by atoms with Gasteiger partial charge in [-0.15, -0.1) is 5.10 Å². The average molecular weight is 327 g/mol. The smallest absolute Gasteiger partial charge is 0.234 e. The van der Waals surface area contributed by atoms with Crippen molar-refractivity contribution in [3.05, 3.63) is 42.1 Å². The van der Waals surface area contributed by atoms with Crippen molar-refractivity contribution in [2.24, 2.45) is 0 Å². The van der Waals surface area contributed by atoms with Crippen LogP contribution < -0.4 is 9.47 Å². The Morgan fingerprint density at radius 3 is 2.62 bits per heavy atom. The molecule has 126 valence electrons. The van der Waals surface area contributed by atoms with Crippen molar-refractivity contribution in [2.75, 3.05) is 19.8 Å². The minimum atomic E-state index is 0.00163. The lowest BCUT2D eigenvalue weighted by molar-refractivity contribution is 0.201. The second-order valence-electron chi connectivity index (χ2n) is 5.51. The van der Waals surface area contributed by atoms with E-state index < -0.39 is 0 Å². The molecule has 0 unspecified atom stereocenters. The monoisotopic (exact) mass is 327 g/mol. The number of aliphatic hydroxyl groups excluding tert-OH is 1. The van der Waals surface area contributed by atoms with Crippen molar-refractivity contribution in [1.82, 2.24) is 14.6 Å². The van der Waals surface area contributed by atoms with Gasteiger partial charge in [-0.05, 0) is 43.7 Å². The van der Waals surface area contributed by atoms with Gasteiger partial charge in [0.2, 0.25) is 5.88 Å². The number of nitrogens with zero attached hydrogens (tertiary/aromatic N) is 3. The molecule has 1 aromatic carbocycles. The molecule has 0 amide bonds. The first-order valence-corrected chi connectivity index (χ1v) is 8.05. The van der Waals surface area contributed by atoms with Crippen LogP contribution in [0.25, 0.3) is 16.9 Å². The van der Waals surface area contributed by atoms with E-state index in [-0.39, 0.29) is 13.2 Å². The van der Waals surface area contributed by atoms with Gasteiger partial charge >= 0.3 is 0 Å². The van der Waals surface area contributed by atoms with E-state index >= 15 is 0 Å². The molecule has 3 rings (SSSR count). The lowest BCUT2D eigenvalue weighted by atomic mass is 10.2. The van der Waals surface area contributed by atoms with Gasteiger partial charge in [-0.1, -0.05) is 6.92 Å². The molecule has 6 heteroatoms. The molecule has 0 atom stereocenters. The summed E-state index contributed by atoms with van der Waals surface area (Å²) in [7, 11) is 0. The van der Waals surface area contributed by atoms with E-state index in [2.05, 4.69) is 17.0 Å². The quantitative estimate of drug-likeness (QED) is 0.722. The number of imidazole rings is 1. The van der Waals surface area contributed by atoms with Gasteiger partial charge in [0.15, 0.2) is 5.65 Å². The van der Waals surface area contributed by atoms with Gasteiger partial charge < -0.3 is 14.6 Å². The summed E-state index contributed by atoms with van der Waals surface area (Å²) in [5.41, 5.74) is 3.57. The van der Waals surface area contributed by atoms with Crippen LogP contribution in [-0.4, -0.2) is 39.5 Å². The van der Waals surface area contributed by atoms with Gasteiger partial charge in [-0.25, -0.2) is 9.50 Å². The fourth-order valence-corrected chi connectivity index (χ4v) is 2.36. The van der Waals surface area contributed by atoms with Crippen LogP contribution in [0.4, 0.5) is 0 Å². The molecule has 6 nitrogen and oxygen atoms in total. The van der Waals surface area contributed by atoms with E-state index in [1.54, 1.807) is 4.52 Å². The number of hydrogen-bond acceptors (Lipinski definition) is 5. The molecular formula is C18H21N3O3. The third kappa shape index (κ3) is 3.49. The van der Waals surface area contributed by atoms with Crippen molar-refractivity contribution in [1.29, 1.82) is 0 Å². The Morgan fingerprint density at radius 2 is 1.92 bits per heavy atom. The molecule has 2 aromatic heterocycles. The van der Waals surface area contributed by atoms with E-state index in [0.717, 1.165) is 34.6 Å². The Labute approximate surface area is 140 Å². The van der Waals surface area contributed by atoms with E-state index in [4.69, 9.17) is 14.6 Å². The largest absolute Gasteiger partial charge is 0.491 e. The molecule has 0 aliphatic carbocycles. The SMILES string of the molecule is CCCOc1nn2cc(-c3ccc(OCCO)cc3)nc2cc1C. The predicted octanol–water partition coefficient (Wildman–Crippen LogP) is 2.86. The summed E-state index contributed by atoms with van der Waals surface area (Å²) in [6, 6.07) is 9.58. The fourth-order valence-electron chi connectivity index (χ4n) is 2.36. The lowest BCUT2D eigenvalue weighted by Gasteiger charge is -2.06. The summed E-state index contributed by atoms with van der Waals surface area (Å²) in [5.74, 6) is 1.36. The Morgan fingerprint density at radius 1 is 1.12 bits per heavy atom. The van der Waals surface area contributed by atoms with Crippen molar-refractivity contribution in [2.45, 2.75) is 20.3 Å². The first-order chi connectivity index (χ1) is 11.7. The Bertz CT molecular complexity index is 812. The normalized spacial score (nSPS) is 11.0. The van der Waals surface area contributed by atoms with E-state index in [1.807, 2.05) is 43.5 Å². The number of hydrogen-bond donors (Lipinski definition) is 1. The summed E-state index contributed by atoms with van der Waals surface area (Å²) >= 11 is 0. The Kier molecular flexibility index (Phi) is 4.96. The zero-order chi connectivity index (χ0) is 16.9. The van der Waals surface area contributed by atoms with Crippen molar-refractivity contribution < 1.29 is 14.6 Å². The molecule has 0 aliphatic rings. The number of rotatable bonds is 7. The van der Waals surface area contributed by atoms with Crippen LogP contribution in [0.5, 0.6) is 11.6 Å². The second-order valence-corrected chi connectivity index (χ2v) is 5.51. The van der Waals surface area contributed by atoms with Gasteiger partial charge in [-0.2, -0.15) is 0 Å². The van der Waals surface area contributed by atoms with Crippen LogP contribution in [0, 0.1) is 6.92 Å². The van der Waals surface area contributed by atoms with E-state index in [9.17, 15) is 0 Å². The summed E-state index contributed by atoms with van der Waals surface area (Å²) in [5, 5.41) is 13.3. The third-order valence-corrected chi connectivity index (χ3v) is 3.55. The highest BCUT2D eigenvalue weighted by molar-refractivity contribution is 5.63. The van der Waals surface area contributed by atoms with Crippen molar-refractivity contribution in [3.63, 3.8) is 0 Å². The van der Waals surface area contributed by atoms with Crippen LogP contribution in [0.1, 0.15) is 18.9 Å². The van der Waals surface area contributed by atoms with Crippen LogP contribution in [0.2, 0.25) is 0 Å². The summed E-state index contributed by atoms with van der Waals surface area (Å²) in [4.78, 5) is 4.62. The third-order valence-electron chi connectivity index (χ3n) is 3.55. The highest BCUT2D eigenvalue weighted by Gasteiger charge is 2.09. The fraction of sp³-hybridized carbons (Fsp3) is 0.333. The van der Waals surface area contributed by atoms with Crippen LogP contribution >= 0.6 is 0 Å². The number of aromatic nitrogens is 3. The highest BCUT2D eigenvalue weighted by atomic mass is 16.5. The van der Waals surface area contributed by atoms with Gasteiger partial charge in [0.1, 0.15) is 12.4 Å². The molecule has 24 heavy (non-hydrogen) atoms. The topological polar surface area (TPSA) is 68.9 Å². The lowest BCUT2D eigenvalue weighted by Crippen LogP contribution is -2.02.